The molecule has 0 saturated carbocycles. The molecule has 1 unspecified atom stereocenters. The lowest BCUT2D eigenvalue weighted by Gasteiger charge is -2.10. The summed E-state index contributed by atoms with van der Waals surface area (Å²) >= 11 is 1.26. The van der Waals surface area contributed by atoms with E-state index < -0.39 is 17.6 Å². The van der Waals surface area contributed by atoms with Crippen molar-refractivity contribution in [1.82, 2.24) is 0 Å². The van der Waals surface area contributed by atoms with E-state index in [-0.39, 0.29) is 0 Å². The number of ether oxygens (including phenoxy) is 1. The van der Waals surface area contributed by atoms with E-state index >= 15 is 0 Å². The Bertz CT molecular complexity index is 744. The summed E-state index contributed by atoms with van der Waals surface area (Å²) < 4.78 is 5.04. The molecule has 0 aliphatic heterocycles. The molecule has 0 spiro atoms. The van der Waals surface area contributed by atoms with Crippen molar-refractivity contribution in [1.29, 1.82) is 5.26 Å². The van der Waals surface area contributed by atoms with E-state index in [1.165, 1.54) is 11.3 Å². The molecule has 6 heteroatoms. The second-order valence-electron chi connectivity index (χ2n) is 4.77. The van der Waals surface area contributed by atoms with Crippen LogP contribution in [0, 0.1) is 17.2 Å². The molecule has 0 aliphatic rings. The number of nitriles is 1. The van der Waals surface area contributed by atoms with E-state index in [2.05, 4.69) is 5.32 Å². The van der Waals surface area contributed by atoms with Crippen LogP contribution in [0.4, 0.5) is 5.69 Å². The molecule has 0 aliphatic carbocycles. The lowest BCUT2D eigenvalue weighted by molar-refractivity contribution is -0.117. The van der Waals surface area contributed by atoms with Gasteiger partial charge in [0.1, 0.15) is 5.75 Å². The minimum atomic E-state index is -1.36. The minimum absolute atomic E-state index is 0.453. The number of nitrogens with zero attached hydrogens (tertiary/aromatic N) is 1. The molecule has 0 radical (unpaired) electrons. The summed E-state index contributed by atoms with van der Waals surface area (Å²) in [6.45, 7) is 1.93. The number of carbonyl (C=O) groups excluding carboxylic acids is 2. The monoisotopic (exact) mass is 328 g/mol. The van der Waals surface area contributed by atoms with Crippen LogP contribution >= 0.6 is 11.3 Å². The lowest BCUT2D eigenvalue weighted by Crippen LogP contribution is -2.28. The highest BCUT2D eigenvalue weighted by atomic mass is 32.1. The third-order valence-corrected chi connectivity index (χ3v) is 4.33. The first kappa shape index (κ1) is 16.7. The largest absolute Gasteiger partial charge is 0.497 e. The molecule has 1 amide bonds. The topological polar surface area (TPSA) is 79.2 Å². The zero-order valence-electron chi connectivity index (χ0n) is 12.8. The number of carbonyl (C=O) groups is 2. The number of thiophene rings is 1. The van der Waals surface area contributed by atoms with Crippen molar-refractivity contribution in [2.75, 3.05) is 12.4 Å². The summed E-state index contributed by atoms with van der Waals surface area (Å²) in [6.07, 6.45) is 0.683. The molecule has 2 rings (SSSR count). The molecule has 1 N–H and O–H groups in total. The van der Waals surface area contributed by atoms with Gasteiger partial charge >= 0.3 is 0 Å². The maximum atomic E-state index is 12.5. The Kier molecular flexibility index (Phi) is 5.50. The summed E-state index contributed by atoms with van der Waals surface area (Å²) in [6, 6.07) is 10.3. The third-order valence-electron chi connectivity index (χ3n) is 3.36. The molecule has 0 bridgehead atoms. The maximum absolute atomic E-state index is 12.5. The van der Waals surface area contributed by atoms with Gasteiger partial charge in [0.2, 0.25) is 5.91 Å². The third kappa shape index (κ3) is 3.76. The van der Waals surface area contributed by atoms with Gasteiger partial charge in [-0.1, -0.05) is 6.92 Å². The Morgan fingerprint density at radius 3 is 2.57 bits per heavy atom. The zero-order valence-corrected chi connectivity index (χ0v) is 13.6. The van der Waals surface area contributed by atoms with Gasteiger partial charge in [-0.25, -0.2) is 0 Å². The van der Waals surface area contributed by atoms with E-state index in [0.29, 0.717) is 22.7 Å². The van der Waals surface area contributed by atoms with Crippen molar-refractivity contribution >= 4 is 28.7 Å². The number of anilines is 1. The fourth-order valence-electron chi connectivity index (χ4n) is 2.09. The maximum Gasteiger partial charge on any atom is 0.249 e. The van der Waals surface area contributed by atoms with Crippen LogP contribution in [0.15, 0.2) is 35.7 Å². The molecule has 0 fully saturated rings. The fraction of sp³-hybridized carbons (Fsp3) is 0.235. The summed E-state index contributed by atoms with van der Waals surface area (Å²) in [5, 5.41) is 13.6. The van der Waals surface area contributed by atoms with Crippen LogP contribution in [0.2, 0.25) is 0 Å². The Balaban J connectivity index is 2.15. The number of ketones is 1. The molecular formula is C17H16N2O3S. The van der Waals surface area contributed by atoms with Crippen molar-refractivity contribution in [2.24, 2.45) is 5.92 Å². The highest BCUT2D eigenvalue weighted by Gasteiger charge is 2.29. The van der Waals surface area contributed by atoms with Crippen molar-refractivity contribution in [3.63, 3.8) is 0 Å². The van der Waals surface area contributed by atoms with Crippen LogP contribution in [-0.2, 0) is 11.2 Å². The molecular weight excluding hydrogens is 312 g/mol. The molecule has 2 aromatic rings. The summed E-state index contributed by atoms with van der Waals surface area (Å²) in [7, 11) is 1.55. The standard InChI is InChI=1S/C17H16N2O3S/c1-3-11-8-9-23-16(11)15(20)14(10-18)17(21)19-12-4-6-13(22-2)7-5-12/h4-9,14H,3H2,1-2H3,(H,19,21). The van der Waals surface area contributed by atoms with Crippen molar-refractivity contribution < 1.29 is 14.3 Å². The van der Waals surface area contributed by atoms with Crippen LogP contribution in [-0.4, -0.2) is 18.8 Å². The lowest BCUT2D eigenvalue weighted by atomic mass is 10.0. The number of hydrogen-bond acceptors (Lipinski definition) is 5. The molecule has 1 atom stereocenters. The number of rotatable bonds is 6. The molecule has 1 aromatic heterocycles. The van der Waals surface area contributed by atoms with Crippen LogP contribution in [0.1, 0.15) is 22.2 Å². The van der Waals surface area contributed by atoms with Crippen molar-refractivity contribution in [3.8, 4) is 11.8 Å². The quantitative estimate of drug-likeness (QED) is 0.652. The smallest absolute Gasteiger partial charge is 0.249 e. The second-order valence-corrected chi connectivity index (χ2v) is 5.69. The van der Waals surface area contributed by atoms with Crippen molar-refractivity contribution in [2.45, 2.75) is 13.3 Å². The molecule has 0 saturated heterocycles. The van der Waals surface area contributed by atoms with Gasteiger partial charge < -0.3 is 10.1 Å². The number of amides is 1. The van der Waals surface area contributed by atoms with E-state index in [4.69, 9.17) is 4.74 Å². The Labute approximate surface area is 138 Å². The number of hydrogen-bond donors (Lipinski definition) is 1. The SMILES string of the molecule is CCc1ccsc1C(=O)C(C#N)C(=O)Nc1ccc(OC)cc1. The molecule has 118 valence electrons. The molecule has 1 heterocycles. The van der Waals surface area contributed by atoms with E-state index in [0.717, 1.165) is 5.56 Å². The highest BCUT2D eigenvalue weighted by Crippen LogP contribution is 2.22. The number of nitrogens with one attached hydrogen (secondary N) is 1. The number of aryl methyl sites for hydroxylation is 1. The first-order valence-corrected chi connectivity index (χ1v) is 7.93. The minimum Gasteiger partial charge on any atom is -0.497 e. The Morgan fingerprint density at radius 1 is 1.30 bits per heavy atom. The predicted molar refractivity (Wildman–Crippen MR) is 88.8 cm³/mol. The second kappa shape index (κ2) is 7.56. The van der Waals surface area contributed by atoms with Gasteiger partial charge in [0, 0.05) is 5.69 Å². The van der Waals surface area contributed by atoms with Crippen molar-refractivity contribution in [3.05, 3.63) is 46.2 Å². The molecule has 1 aromatic carbocycles. The van der Waals surface area contributed by atoms with Gasteiger partial charge in [0.25, 0.3) is 0 Å². The molecule has 23 heavy (non-hydrogen) atoms. The Hall–Kier alpha value is -2.65. The predicted octanol–water partition coefficient (Wildman–Crippen LogP) is 3.28. The first-order valence-electron chi connectivity index (χ1n) is 7.05. The number of methoxy groups -OCH3 is 1. The normalized spacial score (nSPS) is 11.3. The van der Waals surface area contributed by atoms with E-state index in [9.17, 15) is 14.9 Å². The summed E-state index contributed by atoms with van der Waals surface area (Å²) in [5.74, 6) is -1.79. The average molecular weight is 328 g/mol. The van der Waals surface area contributed by atoms with Crippen LogP contribution in [0.3, 0.4) is 0 Å². The fourth-order valence-corrected chi connectivity index (χ4v) is 3.05. The Morgan fingerprint density at radius 2 is 2.00 bits per heavy atom. The van der Waals surface area contributed by atoms with Crippen LogP contribution < -0.4 is 10.1 Å². The van der Waals surface area contributed by atoms with Gasteiger partial charge in [-0.15, -0.1) is 11.3 Å². The zero-order chi connectivity index (χ0) is 16.8. The summed E-state index contributed by atoms with van der Waals surface area (Å²) in [4.78, 5) is 25.2. The summed E-state index contributed by atoms with van der Waals surface area (Å²) in [5.41, 5.74) is 1.36. The number of Topliss-reactive ketones (excluding diaryl/α,β-unsaturated/α-hetero) is 1. The highest BCUT2D eigenvalue weighted by molar-refractivity contribution is 7.12. The van der Waals surface area contributed by atoms with Gasteiger partial charge in [0.05, 0.1) is 18.1 Å². The van der Waals surface area contributed by atoms with E-state index in [1.54, 1.807) is 42.8 Å². The van der Waals surface area contributed by atoms with E-state index in [1.807, 2.05) is 13.0 Å². The first-order chi connectivity index (χ1) is 11.1. The average Bonchev–Trinajstić information content (AvgIpc) is 3.04. The van der Waals surface area contributed by atoms with Gasteiger partial charge in [-0.2, -0.15) is 5.26 Å². The van der Waals surface area contributed by atoms with Crippen LogP contribution in [0.25, 0.3) is 0 Å². The van der Waals surface area contributed by atoms with Crippen LogP contribution in [0.5, 0.6) is 5.75 Å². The van der Waals surface area contributed by atoms with Gasteiger partial charge in [-0.05, 0) is 47.7 Å². The number of benzene rings is 1. The molecule has 5 nitrogen and oxygen atoms in total. The van der Waals surface area contributed by atoms with Gasteiger partial charge in [-0.3, -0.25) is 9.59 Å². The van der Waals surface area contributed by atoms with Gasteiger partial charge in [0.15, 0.2) is 11.7 Å².